The van der Waals surface area contributed by atoms with Gasteiger partial charge in [-0.05, 0) is 49.1 Å². The summed E-state index contributed by atoms with van der Waals surface area (Å²) >= 11 is 0. The first-order valence-corrected chi connectivity index (χ1v) is 22.8. The van der Waals surface area contributed by atoms with Gasteiger partial charge in [0.2, 0.25) is 12.6 Å². The topological polar surface area (TPSA) is 124 Å². The first-order chi connectivity index (χ1) is 22.1. The zero-order valence-electron chi connectivity index (χ0n) is 31.2. The zero-order valence-corrected chi connectivity index (χ0v) is 33.2. The molecule has 0 saturated carbocycles. The Morgan fingerprint density at radius 3 is 1.29 bits per heavy atom. The van der Waals surface area contributed by atoms with E-state index in [-0.39, 0.29) is 47.3 Å². The number of unbranched alkanes of at least 4 members (excludes halogenated alkanes) is 2. The van der Waals surface area contributed by atoms with Crippen molar-refractivity contribution in [3.05, 3.63) is 46.6 Å². The molecular formula is C36H58O10Si2. The van der Waals surface area contributed by atoms with Gasteiger partial charge in [0.1, 0.15) is 13.2 Å². The van der Waals surface area contributed by atoms with Gasteiger partial charge >= 0.3 is 23.9 Å². The Balaban J connectivity index is 2.07. The Labute approximate surface area is 289 Å². The van der Waals surface area contributed by atoms with E-state index in [0.29, 0.717) is 11.1 Å². The predicted molar refractivity (Wildman–Crippen MR) is 190 cm³/mol. The molecule has 2 heterocycles. The quantitative estimate of drug-likeness (QED) is 0.0637. The number of rotatable bonds is 17. The highest BCUT2D eigenvalue weighted by Gasteiger charge is 2.45. The maximum Gasteiger partial charge on any atom is 0.337 e. The summed E-state index contributed by atoms with van der Waals surface area (Å²) in [6, 6.07) is 0. The highest BCUT2D eigenvalue weighted by molar-refractivity contribution is 6.74. The minimum atomic E-state index is -2.30. The van der Waals surface area contributed by atoms with Crippen LogP contribution in [-0.2, 0) is 47.0 Å². The van der Waals surface area contributed by atoms with Crippen molar-refractivity contribution in [2.24, 2.45) is 0 Å². The first-order valence-electron chi connectivity index (χ1n) is 17.0. The van der Waals surface area contributed by atoms with Crippen molar-refractivity contribution in [3.63, 3.8) is 0 Å². The normalized spacial score (nSPS) is 19.5. The van der Waals surface area contributed by atoms with Gasteiger partial charge in [-0.1, -0.05) is 92.5 Å². The molecule has 10 nitrogen and oxygen atoms in total. The van der Waals surface area contributed by atoms with E-state index < -0.39 is 53.1 Å². The van der Waals surface area contributed by atoms with Crippen LogP contribution >= 0.6 is 0 Å². The maximum atomic E-state index is 12.9. The van der Waals surface area contributed by atoms with E-state index in [1.54, 1.807) is 12.2 Å². The lowest BCUT2D eigenvalue weighted by molar-refractivity contribution is -0.154. The number of carbonyl (C=O) groups excluding carboxylic acids is 4. The second-order valence-electron chi connectivity index (χ2n) is 15.3. The molecule has 0 aromatic carbocycles. The van der Waals surface area contributed by atoms with E-state index in [1.807, 2.05) is 26.0 Å². The molecule has 0 fully saturated rings. The second-order valence-corrected chi connectivity index (χ2v) is 24.8. The van der Waals surface area contributed by atoms with E-state index in [1.165, 1.54) is 0 Å². The molecule has 2 atom stereocenters. The minimum absolute atomic E-state index is 0.112. The van der Waals surface area contributed by atoms with Crippen molar-refractivity contribution in [3.8, 4) is 0 Å². The van der Waals surface area contributed by atoms with E-state index in [0.717, 1.165) is 25.7 Å². The molecule has 0 aromatic rings. The fourth-order valence-corrected chi connectivity index (χ4v) is 6.34. The molecule has 0 saturated heterocycles. The van der Waals surface area contributed by atoms with Crippen molar-refractivity contribution >= 4 is 40.5 Å². The van der Waals surface area contributed by atoms with Gasteiger partial charge < -0.3 is 27.8 Å². The van der Waals surface area contributed by atoms with Crippen molar-refractivity contribution in [1.29, 1.82) is 0 Å². The highest BCUT2D eigenvalue weighted by atomic mass is 28.4. The number of hydrogen-bond acceptors (Lipinski definition) is 10. The average molecular weight is 707 g/mol. The molecule has 0 spiro atoms. The van der Waals surface area contributed by atoms with Gasteiger partial charge in [-0.2, -0.15) is 0 Å². The van der Waals surface area contributed by atoms with Crippen molar-refractivity contribution < 1.29 is 47.0 Å². The number of hydrogen-bond donors (Lipinski definition) is 0. The summed E-state index contributed by atoms with van der Waals surface area (Å²) in [5.41, 5.74) is 1.44. The van der Waals surface area contributed by atoms with Crippen molar-refractivity contribution in [1.82, 2.24) is 0 Å². The van der Waals surface area contributed by atoms with Gasteiger partial charge in [0.15, 0.2) is 16.6 Å². The van der Waals surface area contributed by atoms with Gasteiger partial charge in [-0.15, -0.1) is 0 Å². The Morgan fingerprint density at radius 1 is 0.667 bits per heavy atom. The fraction of sp³-hybridized carbons (Fsp3) is 0.667. The lowest BCUT2D eigenvalue weighted by Gasteiger charge is -2.38. The molecule has 0 aliphatic carbocycles. The van der Waals surface area contributed by atoms with Crippen LogP contribution < -0.4 is 0 Å². The predicted octanol–water partition coefficient (Wildman–Crippen LogP) is 7.97. The standard InChI is InChI=1S/C36H58O10Si2/c1-13-15-17-19-25-27(31(39)43-33(25)45-47(9,10)35(3,4)5)23-29(37)41-21-22-42-30(38)24-28-26(20-18-16-14-2)34(44-32(28)40)46-48(11,12)36(6,7)8/h17-20,33-34H,13-16,21-24H2,1-12H3/b19-17+,20-18+. The summed E-state index contributed by atoms with van der Waals surface area (Å²) in [6.45, 7) is 24.5. The summed E-state index contributed by atoms with van der Waals surface area (Å²) in [6.07, 6.45) is 8.51. The number of allylic oxidation sites excluding steroid dienone is 2. The molecule has 2 unspecified atom stereocenters. The monoisotopic (exact) mass is 706 g/mol. The van der Waals surface area contributed by atoms with E-state index in [2.05, 4.69) is 67.7 Å². The van der Waals surface area contributed by atoms with Crippen LogP contribution in [0.1, 0.15) is 93.9 Å². The smallest absolute Gasteiger partial charge is 0.337 e. The Hall–Kier alpha value is -2.81. The Morgan fingerprint density at radius 2 is 1.00 bits per heavy atom. The van der Waals surface area contributed by atoms with Crippen LogP contribution in [0.3, 0.4) is 0 Å². The van der Waals surface area contributed by atoms with E-state index >= 15 is 0 Å². The fourth-order valence-electron chi connectivity index (χ4n) is 4.21. The number of esters is 4. The van der Waals surface area contributed by atoms with Crippen molar-refractivity contribution in [2.45, 2.75) is 143 Å². The number of ether oxygens (including phenoxy) is 4. The first kappa shape index (κ1) is 41.4. The van der Waals surface area contributed by atoms with Crippen molar-refractivity contribution in [2.75, 3.05) is 13.2 Å². The third-order valence-electron chi connectivity index (χ3n) is 9.30. The average Bonchev–Trinajstić information content (AvgIpc) is 3.39. The molecule has 0 amide bonds. The molecule has 270 valence electrons. The zero-order chi connectivity index (χ0) is 36.5. The number of carbonyl (C=O) groups is 4. The molecule has 0 N–H and O–H groups in total. The molecule has 0 bridgehead atoms. The summed E-state index contributed by atoms with van der Waals surface area (Å²) in [5, 5.41) is -0.224. The Kier molecular flexibility index (Phi) is 14.8. The van der Waals surface area contributed by atoms with Crippen LogP contribution in [-0.4, -0.2) is 66.3 Å². The van der Waals surface area contributed by atoms with Gasteiger partial charge in [0.25, 0.3) is 0 Å². The van der Waals surface area contributed by atoms with Crippen LogP contribution in [0.4, 0.5) is 0 Å². The molecule has 2 rings (SSSR count). The lowest BCUT2D eigenvalue weighted by atomic mass is 10.1. The molecule has 0 aromatic heterocycles. The SMILES string of the molecule is CCC/C=C/C1=C(CC(=O)OCCOC(=O)CC2=C(/C=C/CCC)C(O[Si](C)(C)C(C)(C)C)OC2=O)C(=O)OC1O[Si](C)(C)C(C)(C)C. The van der Waals surface area contributed by atoms with Crippen LogP contribution in [0.15, 0.2) is 46.6 Å². The molecule has 12 heteroatoms. The number of cyclic esters (lactones) is 2. The van der Waals surface area contributed by atoms with E-state index in [4.69, 9.17) is 27.8 Å². The van der Waals surface area contributed by atoms with Gasteiger partial charge in [0, 0.05) is 11.1 Å². The highest BCUT2D eigenvalue weighted by Crippen LogP contribution is 2.41. The third kappa shape index (κ3) is 11.4. The lowest BCUT2D eigenvalue weighted by Crippen LogP contribution is -2.44. The third-order valence-corrected chi connectivity index (χ3v) is 18.1. The van der Waals surface area contributed by atoms with Crippen LogP contribution in [0.5, 0.6) is 0 Å². The maximum absolute atomic E-state index is 12.9. The van der Waals surface area contributed by atoms with Crippen LogP contribution in [0.2, 0.25) is 36.3 Å². The second kappa shape index (κ2) is 17.2. The molecule has 2 aliphatic rings. The Bertz CT molecular complexity index is 1210. The van der Waals surface area contributed by atoms with Crippen LogP contribution in [0, 0.1) is 0 Å². The van der Waals surface area contributed by atoms with Crippen LogP contribution in [0.25, 0.3) is 0 Å². The van der Waals surface area contributed by atoms with Gasteiger partial charge in [0.05, 0.1) is 24.0 Å². The minimum Gasteiger partial charge on any atom is -0.462 e. The van der Waals surface area contributed by atoms with Gasteiger partial charge in [-0.25, -0.2) is 9.59 Å². The largest absolute Gasteiger partial charge is 0.462 e. The molecular weight excluding hydrogens is 649 g/mol. The summed E-state index contributed by atoms with van der Waals surface area (Å²) < 4.78 is 34.6. The van der Waals surface area contributed by atoms with Gasteiger partial charge in [-0.3, -0.25) is 9.59 Å². The van der Waals surface area contributed by atoms with E-state index in [9.17, 15) is 19.2 Å². The summed E-state index contributed by atoms with van der Waals surface area (Å²) in [7, 11) is -4.60. The summed E-state index contributed by atoms with van der Waals surface area (Å²) in [4.78, 5) is 51.3. The molecule has 2 aliphatic heterocycles. The molecule has 48 heavy (non-hydrogen) atoms. The molecule has 0 radical (unpaired) electrons. The summed E-state index contributed by atoms with van der Waals surface area (Å²) in [5.74, 6) is -2.56.